The Morgan fingerprint density at radius 2 is 2.16 bits per heavy atom. The van der Waals surface area contributed by atoms with Gasteiger partial charge in [-0.05, 0) is 31.5 Å². The van der Waals surface area contributed by atoms with Gasteiger partial charge in [-0.25, -0.2) is 0 Å². The Balaban J connectivity index is 2.13. The molecule has 0 aliphatic carbocycles. The Labute approximate surface area is 114 Å². The molecule has 1 aromatic rings. The van der Waals surface area contributed by atoms with Crippen LogP contribution in [0.25, 0.3) is 0 Å². The van der Waals surface area contributed by atoms with Crippen molar-refractivity contribution in [2.75, 3.05) is 26.4 Å². The van der Waals surface area contributed by atoms with Crippen LogP contribution >= 0.6 is 0 Å². The lowest BCUT2D eigenvalue weighted by molar-refractivity contribution is -0.123. The van der Waals surface area contributed by atoms with E-state index in [0.29, 0.717) is 25.5 Å². The van der Waals surface area contributed by atoms with Crippen LogP contribution < -0.4 is 10.1 Å². The Bertz CT molecular complexity index is 429. The van der Waals surface area contributed by atoms with Crippen molar-refractivity contribution >= 4 is 5.91 Å². The van der Waals surface area contributed by atoms with E-state index in [9.17, 15) is 4.79 Å². The first-order valence-electron chi connectivity index (χ1n) is 6.26. The number of carbonyl (C=O) groups excluding carboxylic acids is 1. The van der Waals surface area contributed by atoms with E-state index in [0.717, 1.165) is 11.1 Å². The summed E-state index contributed by atoms with van der Waals surface area (Å²) in [6.45, 7) is 9.09. The summed E-state index contributed by atoms with van der Waals surface area (Å²) in [6.07, 6.45) is 0. The molecule has 0 fully saturated rings. The second-order valence-electron chi connectivity index (χ2n) is 4.46. The number of benzene rings is 1. The highest BCUT2D eigenvalue weighted by Gasteiger charge is 2.02. The SMILES string of the molecule is C=C(C)COCCNC(=O)COc1cccc(C)c1. The predicted octanol–water partition coefficient (Wildman–Crippen LogP) is 2.08. The van der Waals surface area contributed by atoms with E-state index in [2.05, 4.69) is 11.9 Å². The first-order chi connectivity index (χ1) is 9.08. The van der Waals surface area contributed by atoms with Gasteiger partial charge in [0, 0.05) is 6.54 Å². The van der Waals surface area contributed by atoms with Gasteiger partial charge in [-0.3, -0.25) is 4.79 Å². The van der Waals surface area contributed by atoms with Crippen LogP contribution in [-0.4, -0.2) is 32.3 Å². The Morgan fingerprint density at radius 3 is 2.84 bits per heavy atom. The standard InChI is InChI=1S/C15H21NO3/c1-12(2)10-18-8-7-16-15(17)11-19-14-6-4-5-13(3)9-14/h4-6,9H,1,7-8,10-11H2,2-3H3,(H,16,17). The maximum atomic E-state index is 11.5. The third kappa shape index (κ3) is 7.26. The predicted molar refractivity (Wildman–Crippen MR) is 75.3 cm³/mol. The van der Waals surface area contributed by atoms with Gasteiger partial charge in [-0.1, -0.05) is 24.3 Å². The summed E-state index contributed by atoms with van der Waals surface area (Å²) in [7, 11) is 0. The van der Waals surface area contributed by atoms with Crippen LogP contribution in [0.3, 0.4) is 0 Å². The average molecular weight is 263 g/mol. The van der Waals surface area contributed by atoms with E-state index >= 15 is 0 Å². The fraction of sp³-hybridized carbons (Fsp3) is 0.400. The summed E-state index contributed by atoms with van der Waals surface area (Å²) < 4.78 is 10.6. The van der Waals surface area contributed by atoms with Crippen LogP contribution in [0.1, 0.15) is 12.5 Å². The summed E-state index contributed by atoms with van der Waals surface area (Å²) in [5.74, 6) is 0.550. The van der Waals surface area contributed by atoms with Crippen LogP contribution in [0.2, 0.25) is 0 Å². The molecule has 0 aliphatic rings. The summed E-state index contributed by atoms with van der Waals surface area (Å²) in [4.78, 5) is 11.5. The Morgan fingerprint density at radius 1 is 1.37 bits per heavy atom. The summed E-state index contributed by atoms with van der Waals surface area (Å²) in [6, 6.07) is 7.60. The fourth-order valence-electron chi connectivity index (χ4n) is 1.41. The highest BCUT2D eigenvalue weighted by molar-refractivity contribution is 5.77. The number of hydrogen-bond donors (Lipinski definition) is 1. The lowest BCUT2D eigenvalue weighted by Crippen LogP contribution is -2.31. The molecule has 0 heterocycles. The summed E-state index contributed by atoms with van der Waals surface area (Å²) in [5.41, 5.74) is 2.07. The van der Waals surface area contributed by atoms with Crippen molar-refractivity contribution < 1.29 is 14.3 Å². The van der Waals surface area contributed by atoms with Gasteiger partial charge in [0.25, 0.3) is 5.91 Å². The van der Waals surface area contributed by atoms with Crippen molar-refractivity contribution in [2.45, 2.75) is 13.8 Å². The van der Waals surface area contributed by atoms with Gasteiger partial charge in [-0.15, -0.1) is 0 Å². The molecule has 1 rings (SSSR count). The largest absolute Gasteiger partial charge is 0.484 e. The normalized spacial score (nSPS) is 10.0. The minimum Gasteiger partial charge on any atom is -0.484 e. The highest BCUT2D eigenvalue weighted by Crippen LogP contribution is 2.11. The molecule has 0 unspecified atom stereocenters. The molecule has 0 saturated heterocycles. The maximum absolute atomic E-state index is 11.5. The number of amides is 1. The van der Waals surface area contributed by atoms with Crippen LogP contribution in [0.15, 0.2) is 36.4 Å². The average Bonchev–Trinajstić information content (AvgIpc) is 2.35. The van der Waals surface area contributed by atoms with E-state index in [1.165, 1.54) is 0 Å². The first-order valence-corrected chi connectivity index (χ1v) is 6.26. The second-order valence-corrected chi connectivity index (χ2v) is 4.46. The number of carbonyl (C=O) groups is 1. The number of ether oxygens (including phenoxy) is 2. The summed E-state index contributed by atoms with van der Waals surface area (Å²) in [5, 5.41) is 2.72. The molecular weight excluding hydrogens is 242 g/mol. The monoisotopic (exact) mass is 263 g/mol. The Hall–Kier alpha value is -1.81. The van der Waals surface area contributed by atoms with Crippen molar-refractivity contribution in [1.29, 1.82) is 0 Å². The lowest BCUT2D eigenvalue weighted by atomic mass is 10.2. The quantitative estimate of drug-likeness (QED) is 0.577. The fourth-order valence-corrected chi connectivity index (χ4v) is 1.41. The van der Waals surface area contributed by atoms with Crippen LogP contribution in [0, 0.1) is 6.92 Å². The van der Waals surface area contributed by atoms with E-state index in [1.54, 1.807) is 0 Å². The topological polar surface area (TPSA) is 47.6 Å². The number of rotatable bonds is 8. The molecule has 0 aliphatic heterocycles. The molecule has 4 nitrogen and oxygen atoms in total. The molecule has 19 heavy (non-hydrogen) atoms. The molecule has 0 saturated carbocycles. The van der Waals surface area contributed by atoms with E-state index in [1.807, 2.05) is 38.1 Å². The molecule has 104 valence electrons. The molecule has 0 radical (unpaired) electrons. The number of hydrogen-bond acceptors (Lipinski definition) is 3. The third-order valence-electron chi connectivity index (χ3n) is 2.28. The van der Waals surface area contributed by atoms with E-state index in [-0.39, 0.29) is 12.5 Å². The molecule has 0 atom stereocenters. The zero-order chi connectivity index (χ0) is 14.1. The highest BCUT2D eigenvalue weighted by atomic mass is 16.5. The van der Waals surface area contributed by atoms with Gasteiger partial charge >= 0.3 is 0 Å². The van der Waals surface area contributed by atoms with Gasteiger partial charge < -0.3 is 14.8 Å². The number of nitrogens with one attached hydrogen (secondary N) is 1. The molecule has 0 spiro atoms. The van der Waals surface area contributed by atoms with E-state index in [4.69, 9.17) is 9.47 Å². The first kappa shape index (κ1) is 15.2. The smallest absolute Gasteiger partial charge is 0.258 e. The minimum absolute atomic E-state index is 0.0178. The van der Waals surface area contributed by atoms with Crippen LogP contribution in [0.4, 0.5) is 0 Å². The molecule has 0 bridgehead atoms. The van der Waals surface area contributed by atoms with Gasteiger partial charge in [0.05, 0.1) is 13.2 Å². The Kier molecular flexibility index (Phi) is 6.68. The van der Waals surface area contributed by atoms with Crippen LogP contribution in [-0.2, 0) is 9.53 Å². The van der Waals surface area contributed by atoms with Gasteiger partial charge in [0.2, 0.25) is 0 Å². The molecule has 1 aromatic carbocycles. The van der Waals surface area contributed by atoms with E-state index < -0.39 is 0 Å². The van der Waals surface area contributed by atoms with Crippen molar-refractivity contribution in [2.24, 2.45) is 0 Å². The van der Waals surface area contributed by atoms with Crippen molar-refractivity contribution in [1.82, 2.24) is 5.32 Å². The minimum atomic E-state index is -0.152. The van der Waals surface area contributed by atoms with Gasteiger partial charge in [0.1, 0.15) is 5.75 Å². The molecule has 4 heteroatoms. The molecule has 1 N–H and O–H groups in total. The van der Waals surface area contributed by atoms with Crippen molar-refractivity contribution in [3.05, 3.63) is 42.0 Å². The maximum Gasteiger partial charge on any atom is 0.258 e. The van der Waals surface area contributed by atoms with Crippen LogP contribution in [0.5, 0.6) is 5.75 Å². The second kappa shape index (κ2) is 8.32. The van der Waals surface area contributed by atoms with Crippen molar-refractivity contribution in [3.63, 3.8) is 0 Å². The molecule has 1 amide bonds. The van der Waals surface area contributed by atoms with Gasteiger partial charge in [0.15, 0.2) is 6.61 Å². The molecule has 0 aromatic heterocycles. The van der Waals surface area contributed by atoms with Crippen molar-refractivity contribution in [3.8, 4) is 5.75 Å². The van der Waals surface area contributed by atoms with Gasteiger partial charge in [-0.2, -0.15) is 0 Å². The zero-order valence-corrected chi connectivity index (χ0v) is 11.6. The zero-order valence-electron chi connectivity index (χ0n) is 11.6. The summed E-state index contributed by atoms with van der Waals surface area (Å²) >= 11 is 0. The number of aryl methyl sites for hydroxylation is 1. The lowest BCUT2D eigenvalue weighted by Gasteiger charge is -2.08. The third-order valence-corrected chi connectivity index (χ3v) is 2.28. The molecular formula is C15H21NO3.